The van der Waals surface area contributed by atoms with Gasteiger partial charge in [0.2, 0.25) is 0 Å². The predicted octanol–water partition coefficient (Wildman–Crippen LogP) is 4.59. The maximum atomic E-state index is 6.65. The highest BCUT2D eigenvalue weighted by Crippen LogP contribution is 2.38. The number of ether oxygens (including phenoxy) is 1. The molecule has 0 N–H and O–H groups in total. The molecule has 2 heteroatoms. The van der Waals surface area contributed by atoms with Crippen molar-refractivity contribution in [2.24, 2.45) is 11.8 Å². The van der Waals surface area contributed by atoms with Crippen LogP contribution in [0, 0.1) is 11.8 Å². The van der Waals surface area contributed by atoms with Crippen molar-refractivity contribution in [3.05, 3.63) is 35.4 Å². The van der Waals surface area contributed by atoms with Crippen LogP contribution in [0.5, 0.6) is 0 Å². The summed E-state index contributed by atoms with van der Waals surface area (Å²) >= 11 is 6.65. The van der Waals surface area contributed by atoms with E-state index in [0.29, 0.717) is 11.8 Å². The Kier molecular flexibility index (Phi) is 5.08. The second-order valence-corrected chi connectivity index (χ2v) is 5.87. The maximum absolute atomic E-state index is 6.65. The molecule has 0 saturated carbocycles. The molecular weight excluding hydrogens is 244 g/mol. The Morgan fingerprint density at radius 3 is 2.67 bits per heavy atom. The molecule has 3 atom stereocenters. The van der Waals surface area contributed by atoms with Crippen molar-refractivity contribution in [1.82, 2.24) is 0 Å². The average molecular weight is 267 g/mol. The van der Waals surface area contributed by atoms with Crippen molar-refractivity contribution in [2.45, 2.75) is 38.5 Å². The number of rotatable bonds is 4. The molecule has 1 heterocycles. The van der Waals surface area contributed by atoms with Gasteiger partial charge in [-0.15, -0.1) is 11.6 Å². The van der Waals surface area contributed by atoms with Gasteiger partial charge >= 0.3 is 0 Å². The highest BCUT2D eigenvalue weighted by molar-refractivity contribution is 6.21. The van der Waals surface area contributed by atoms with E-state index in [1.54, 1.807) is 0 Å². The van der Waals surface area contributed by atoms with Crippen LogP contribution in [0.15, 0.2) is 24.3 Å². The van der Waals surface area contributed by atoms with Gasteiger partial charge in [0, 0.05) is 13.2 Å². The van der Waals surface area contributed by atoms with Gasteiger partial charge in [-0.25, -0.2) is 0 Å². The number of alkyl halides is 1. The number of hydrogen-bond donors (Lipinski definition) is 0. The minimum Gasteiger partial charge on any atom is -0.381 e. The highest BCUT2D eigenvalue weighted by atomic mass is 35.5. The second-order valence-electron chi connectivity index (χ2n) is 5.40. The van der Waals surface area contributed by atoms with E-state index in [-0.39, 0.29) is 5.38 Å². The van der Waals surface area contributed by atoms with Crippen LogP contribution < -0.4 is 0 Å². The van der Waals surface area contributed by atoms with Gasteiger partial charge in [-0.3, -0.25) is 0 Å². The molecule has 1 fully saturated rings. The molecule has 18 heavy (non-hydrogen) atoms. The van der Waals surface area contributed by atoms with Crippen LogP contribution in [0.2, 0.25) is 0 Å². The van der Waals surface area contributed by atoms with Crippen LogP contribution in [-0.4, -0.2) is 13.2 Å². The summed E-state index contributed by atoms with van der Waals surface area (Å²) in [5.74, 6) is 1.09. The Morgan fingerprint density at radius 2 is 2.06 bits per heavy atom. The number of halogens is 1. The summed E-state index contributed by atoms with van der Waals surface area (Å²) in [5.41, 5.74) is 2.67. The average Bonchev–Trinajstić information content (AvgIpc) is 2.40. The third-order valence-electron chi connectivity index (χ3n) is 3.92. The standard InChI is InChI=1S/C16H23ClO/c1-3-4-13-5-7-14(8-6-13)16(17)15-9-10-18-11-12(15)2/h5-8,12,15-16H,3-4,9-11H2,1-2H3. The molecule has 0 aromatic heterocycles. The molecule has 100 valence electrons. The van der Waals surface area contributed by atoms with Crippen molar-refractivity contribution >= 4 is 11.6 Å². The Balaban J connectivity index is 2.05. The molecule has 1 saturated heterocycles. The molecule has 0 radical (unpaired) electrons. The fraction of sp³-hybridized carbons (Fsp3) is 0.625. The van der Waals surface area contributed by atoms with Crippen molar-refractivity contribution < 1.29 is 4.74 Å². The largest absolute Gasteiger partial charge is 0.381 e. The van der Waals surface area contributed by atoms with E-state index in [2.05, 4.69) is 38.1 Å². The van der Waals surface area contributed by atoms with Crippen molar-refractivity contribution in [3.63, 3.8) is 0 Å². The van der Waals surface area contributed by atoms with Gasteiger partial charge in [-0.2, -0.15) is 0 Å². The van der Waals surface area contributed by atoms with Crippen molar-refractivity contribution in [1.29, 1.82) is 0 Å². The summed E-state index contributed by atoms with van der Waals surface area (Å²) in [6, 6.07) is 8.84. The quantitative estimate of drug-likeness (QED) is 0.724. The lowest BCUT2D eigenvalue weighted by molar-refractivity contribution is 0.0228. The minimum absolute atomic E-state index is 0.125. The molecule has 0 bridgehead atoms. The van der Waals surface area contributed by atoms with Crippen LogP contribution in [-0.2, 0) is 11.2 Å². The molecule has 3 unspecified atom stereocenters. The number of benzene rings is 1. The third-order valence-corrected chi connectivity index (χ3v) is 4.50. The molecule has 1 aliphatic rings. The van der Waals surface area contributed by atoms with Crippen LogP contribution >= 0.6 is 11.6 Å². The van der Waals surface area contributed by atoms with Crippen LogP contribution in [0.4, 0.5) is 0 Å². The molecule has 0 spiro atoms. The van der Waals surface area contributed by atoms with Crippen LogP contribution in [0.25, 0.3) is 0 Å². The van der Waals surface area contributed by atoms with E-state index in [1.165, 1.54) is 17.5 Å². The predicted molar refractivity (Wildman–Crippen MR) is 77.1 cm³/mol. The lowest BCUT2D eigenvalue weighted by atomic mass is 9.84. The summed E-state index contributed by atoms with van der Waals surface area (Å²) in [6.07, 6.45) is 3.42. The first-order valence-electron chi connectivity index (χ1n) is 7.03. The van der Waals surface area contributed by atoms with E-state index < -0.39 is 0 Å². The van der Waals surface area contributed by atoms with E-state index >= 15 is 0 Å². The fourth-order valence-corrected chi connectivity index (χ4v) is 3.26. The van der Waals surface area contributed by atoms with Gasteiger partial charge in [-0.05, 0) is 35.8 Å². The first-order chi connectivity index (χ1) is 8.72. The van der Waals surface area contributed by atoms with Crippen LogP contribution in [0.1, 0.15) is 43.2 Å². The third kappa shape index (κ3) is 3.27. The summed E-state index contributed by atoms with van der Waals surface area (Å²) in [6.45, 7) is 6.15. The molecule has 0 aliphatic carbocycles. The molecule has 0 amide bonds. The lowest BCUT2D eigenvalue weighted by Crippen LogP contribution is -2.28. The normalized spacial score (nSPS) is 25.9. The molecule has 1 aliphatic heterocycles. The number of aryl methyl sites for hydroxylation is 1. The maximum Gasteiger partial charge on any atom is 0.0617 e. The number of hydrogen-bond acceptors (Lipinski definition) is 1. The SMILES string of the molecule is CCCc1ccc(C(Cl)C2CCOCC2C)cc1. The van der Waals surface area contributed by atoms with Gasteiger partial charge in [0.1, 0.15) is 0 Å². The van der Waals surface area contributed by atoms with Gasteiger partial charge in [-0.1, -0.05) is 44.5 Å². The molecule has 1 aromatic carbocycles. The molecular formula is C16H23ClO. The Morgan fingerprint density at radius 1 is 1.33 bits per heavy atom. The molecule has 2 rings (SSSR count). The Hall–Kier alpha value is -0.530. The first-order valence-corrected chi connectivity index (χ1v) is 7.46. The van der Waals surface area contributed by atoms with E-state index in [4.69, 9.17) is 16.3 Å². The van der Waals surface area contributed by atoms with Gasteiger partial charge < -0.3 is 4.74 Å². The Labute approximate surface area is 115 Å². The summed E-state index contributed by atoms with van der Waals surface area (Å²) in [4.78, 5) is 0. The minimum atomic E-state index is 0.125. The fourth-order valence-electron chi connectivity index (χ4n) is 2.74. The summed E-state index contributed by atoms with van der Waals surface area (Å²) < 4.78 is 5.49. The van der Waals surface area contributed by atoms with Crippen molar-refractivity contribution in [3.8, 4) is 0 Å². The van der Waals surface area contributed by atoms with Gasteiger partial charge in [0.05, 0.1) is 5.38 Å². The van der Waals surface area contributed by atoms with E-state index in [9.17, 15) is 0 Å². The molecule has 1 aromatic rings. The first kappa shape index (κ1) is 13.9. The van der Waals surface area contributed by atoms with Gasteiger partial charge in [0.15, 0.2) is 0 Å². The highest BCUT2D eigenvalue weighted by Gasteiger charge is 2.29. The van der Waals surface area contributed by atoms with E-state index in [1.807, 2.05) is 0 Å². The van der Waals surface area contributed by atoms with Crippen molar-refractivity contribution in [2.75, 3.05) is 13.2 Å². The smallest absolute Gasteiger partial charge is 0.0617 e. The zero-order chi connectivity index (χ0) is 13.0. The summed E-state index contributed by atoms with van der Waals surface area (Å²) in [5, 5.41) is 0.125. The monoisotopic (exact) mass is 266 g/mol. The van der Waals surface area contributed by atoms with E-state index in [0.717, 1.165) is 26.1 Å². The summed E-state index contributed by atoms with van der Waals surface area (Å²) in [7, 11) is 0. The molecule has 1 nitrogen and oxygen atoms in total. The topological polar surface area (TPSA) is 9.23 Å². The van der Waals surface area contributed by atoms with Crippen LogP contribution in [0.3, 0.4) is 0 Å². The lowest BCUT2D eigenvalue weighted by Gasteiger charge is -2.32. The second kappa shape index (κ2) is 6.58. The zero-order valence-electron chi connectivity index (χ0n) is 11.4. The van der Waals surface area contributed by atoms with Gasteiger partial charge in [0.25, 0.3) is 0 Å². The zero-order valence-corrected chi connectivity index (χ0v) is 12.1. The Bertz CT molecular complexity index is 360.